The minimum absolute atomic E-state index is 0.0763. The van der Waals surface area contributed by atoms with E-state index in [1.54, 1.807) is 11.3 Å². The largest absolute Gasteiger partial charge is 0.440 e. The maximum atomic E-state index is 12.8. The Labute approximate surface area is 164 Å². The van der Waals surface area contributed by atoms with Crippen LogP contribution in [0.2, 0.25) is 0 Å². The molecule has 2 heterocycles. The van der Waals surface area contributed by atoms with Crippen molar-refractivity contribution in [3.63, 3.8) is 0 Å². The number of carbonyl (C=O) groups is 1. The smallest absolute Gasteiger partial charge is 0.236 e. The van der Waals surface area contributed by atoms with E-state index in [9.17, 15) is 4.79 Å². The number of nitrogens with zero attached hydrogens (tertiary/aromatic N) is 1. The monoisotopic (exact) mass is 384 g/mol. The highest BCUT2D eigenvalue weighted by Gasteiger charge is 2.53. The van der Waals surface area contributed by atoms with Gasteiger partial charge in [-0.25, -0.2) is 4.98 Å². The normalized spacial score (nSPS) is 32.6. The van der Waals surface area contributed by atoms with Gasteiger partial charge in [-0.3, -0.25) is 4.79 Å². The van der Waals surface area contributed by atoms with Crippen LogP contribution in [-0.4, -0.2) is 16.9 Å². The molecule has 2 aromatic heterocycles. The topological polar surface area (TPSA) is 55.1 Å². The minimum atomic E-state index is 0.0763. The van der Waals surface area contributed by atoms with Crippen molar-refractivity contribution in [2.24, 2.45) is 23.2 Å². The third-order valence-corrected chi connectivity index (χ3v) is 8.19. The van der Waals surface area contributed by atoms with E-state index in [1.807, 2.05) is 24.4 Å². The van der Waals surface area contributed by atoms with Gasteiger partial charge in [0.15, 0.2) is 0 Å². The summed E-state index contributed by atoms with van der Waals surface area (Å²) in [5.74, 6) is 4.16. The molecule has 0 radical (unpaired) electrons. The molecule has 4 aliphatic rings. The molecule has 6 rings (SSSR count). The van der Waals surface area contributed by atoms with Crippen LogP contribution in [0.3, 0.4) is 0 Å². The van der Waals surface area contributed by atoms with Gasteiger partial charge in [-0.2, -0.15) is 0 Å². The van der Waals surface area contributed by atoms with Crippen LogP contribution in [-0.2, 0) is 11.2 Å². The van der Waals surface area contributed by atoms with Crippen LogP contribution in [0.4, 0.5) is 0 Å². The number of nitrogens with one attached hydrogen (secondary N) is 1. The zero-order chi connectivity index (χ0) is 18.6. The summed E-state index contributed by atoms with van der Waals surface area (Å²) in [6, 6.07) is 4.23. The number of aryl methyl sites for hydroxylation is 1. The number of hydrogen-bond donors (Lipinski definition) is 1. The van der Waals surface area contributed by atoms with Crippen LogP contribution in [0.1, 0.15) is 56.9 Å². The van der Waals surface area contributed by atoms with Crippen molar-refractivity contribution >= 4 is 17.2 Å². The van der Waals surface area contributed by atoms with Crippen molar-refractivity contribution in [1.29, 1.82) is 0 Å². The predicted octanol–water partition coefficient (Wildman–Crippen LogP) is 4.98. The summed E-state index contributed by atoms with van der Waals surface area (Å²) in [6.07, 6.45) is 8.54. The first-order chi connectivity index (χ1) is 13.0. The Bertz CT molecular complexity index is 803. The van der Waals surface area contributed by atoms with Crippen molar-refractivity contribution in [1.82, 2.24) is 10.3 Å². The van der Waals surface area contributed by atoms with Gasteiger partial charge in [0.05, 0.1) is 17.0 Å². The first kappa shape index (κ1) is 17.5. The highest BCUT2D eigenvalue weighted by Crippen LogP contribution is 2.61. The van der Waals surface area contributed by atoms with Gasteiger partial charge in [-0.15, -0.1) is 11.3 Å². The Hall–Kier alpha value is -1.62. The minimum Gasteiger partial charge on any atom is -0.440 e. The molecule has 4 saturated carbocycles. The Morgan fingerprint density at radius 2 is 1.96 bits per heavy atom. The second kappa shape index (κ2) is 6.47. The Morgan fingerprint density at radius 3 is 2.56 bits per heavy atom. The number of thiophene rings is 1. The molecule has 1 N–H and O–H groups in total. The lowest BCUT2D eigenvalue weighted by atomic mass is 9.48. The molecule has 144 valence electrons. The van der Waals surface area contributed by atoms with Crippen LogP contribution < -0.4 is 5.32 Å². The first-order valence-electron chi connectivity index (χ1n) is 10.3. The van der Waals surface area contributed by atoms with Crippen molar-refractivity contribution in [3.8, 4) is 10.8 Å². The highest BCUT2D eigenvalue weighted by atomic mass is 32.1. The van der Waals surface area contributed by atoms with Gasteiger partial charge in [0.2, 0.25) is 11.8 Å². The van der Waals surface area contributed by atoms with Crippen LogP contribution in [0.5, 0.6) is 0 Å². The fraction of sp³-hybridized carbons (Fsp3) is 0.636. The van der Waals surface area contributed by atoms with Gasteiger partial charge >= 0.3 is 0 Å². The van der Waals surface area contributed by atoms with E-state index in [1.165, 1.54) is 38.5 Å². The Balaban J connectivity index is 1.26. The fourth-order valence-electron chi connectivity index (χ4n) is 6.40. The quantitative estimate of drug-likeness (QED) is 0.791. The van der Waals surface area contributed by atoms with Crippen molar-refractivity contribution < 1.29 is 9.21 Å². The molecular weight excluding hydrogens is 356 g/mol. The summed E-state index contributed by atoms with van der Waals surface area (Å²) >= 11 is 1.60. The van der Waals surface area contributed by atoms with E-state index in [0.717, 1.165) is 34.1 Å². The number of amides is 1. The van der Waals surface area contributed by atoms with Crippen LogP contribution in [0, 0.1) is 30.1 Å². The SMILES string of the molecule is Cc1oc(-c2cccs2)nc1CC(=O)N[C@@H](C)C12CC3CC(CC(C3)C1)C2. The van der Waals surface area contributed by atoms with Crippen molar-refractivity contribution in [2.45, 2.75) is 64.8 Å². The van der Waals surface area contributed by atoms with E-state index in [2.05, 4.69) is 17.2 Å². The van der Waals surface area contributed by atoms with Gasteiger partial charge in [-0.1, -0.05) is 6.07 Å². The van der Waals surface area contributed by atoms with Gasteiger partial charge in [-0.05, 0) is 87.0 Å². The molecule has 0 aliphatic heterocycles. The average Bonchev–Trinajstić information content (AvgIpc) is 3.24. The Morgan fingerprint density at radius 1 is 1.30 bits per heavy atom. The zero-order valence-electron chi connectivity index (χ0n) is 16.2. The number of rotatable bonds is 5. The second-order valence-corrected chi connectivity index (χ2v) is 10.2. The van der Waals surface area contributed by atoms with Gasteiger partial charge in [0.1, 0.15) is 5.76 Å². The molecule has 0 unspecified atom stereocenters. The summed E-state index contributed by atoms with van der Waals surface area (Å²) in [5, 5.41) is 5.35. The lowest BCUT2D eigenvalue weighted by Gasteiger charge is -2.59. The van der Waals surface area contributed by atoms with E-state index < -0.39 is 0 Å². The number of aromatic nitrogens is 1. The first-order valence-corrected chi connectivity index (χ1v) is 11.2. The number of hydrogen-bond acceptors (Lipinski definition) is 4. The van der Waals surface area contributed by atoms with Crippen molar-refractivity contribution in [2.75, 3.05) is 0 Å². The second-order valence-electron chi connectivity index (χ2n) is 9.25. The lowest BCUT2D eigenvalue weighted by Crippen LogP contribution is -2.56. The molecule has 0 spiro atoms. The van der Waals surface area contributed by atoms with Crippen molar-refractivity contribution in [3.05, 3.63) is 29.0 Å². The summed E-state index contributed by atoms with van der Waals surface area (Å²) in [6.45, 7) is 4.13. The number of carbonyl (C=O) groups excluding carboxylic acids is 1. The molecule has 4 fully saturated rings. The molecule has 1 amide bonds. The lowest BCUT2D eigenvalue weighted by molar-refractivity contribution is -0.125. The third-order valence-electron chi connectivity index (χ3n) is 7.33. The molecular formula is C22H28N2O2S. The molecule has 4 nitrogen and oxygen atoms in total. The summed E-state index contributed by atoms with van der Waals surface area (Å²) < 4.78 is 5.78. The van der Waals surface area contributed by atoms with Gasteiger partial charge in [0, 0.05) is 6.04 Å². The Kier molecular flexibility index (Phi) is 4.19. The molecule has 4 aliphatic carbocycles. The standard InChI is InChI=1S/C22H28N2O2S/c1-13-18(24-21(26-13)19-4-3-5-27-19)9-20(25)23-14(2)22-10-15-6-16(11-22)8-17(7-15)12-22/h3-5,14-17H,6-12H2,1-2H3,(H,23,25)/t14-,15?,16?,17?,22?/m0/s1. The number of oxazole rings is 1. The van der Waals surface area contributed by atoms with Crippen LogP contribution >= 0.6 is 11.3 Å². The van der Waals surface area contributed by atoms with E-state index in [-0.39, 0.29) is 11.9 Å². The van der Waals surface area contributed by atoms with Crippen LogP contribution in [0.25, 0.3) is 10.8 Å². The van der Waals surface area contributed by atoms with Gasteiger partial charge in [0.25, 0.3) is 0 Å². The third kappa shape index (κ3) is 3.14. The molecule has 5 heteroatoms. The van der Waals surface area contributed by atoms with E-state index in [4.69, 9.17) is 4.42 Å². The average molecular weight is 385 g/mol. The molecule has 1 atom stereocenters. The van der Waals surface area contributed by atoms with Crippen LogP contribution in [0.15, 0.2) is 21.9 Å². The zero-order valence-corrected chi connectivity index (χ0v) is 17.0. The van der Waals surface area contributed by atoms with E-state index >= 15 is 0 Å². The molecule has 2 aromatic rings. The summed E-state index contributed by atoms with van der Waals surface area (Å²) in [7, 11) is 0. The summed E-state index contributed by atoms with van der Waals surface area (Å²) in [4.78, 5) is 18.4. The van der Waals surface area contributed by atoms with Gasteiger partial charge < -0.3 is 9.73 Å². The maximum absolute atomic E-state index is 12.8. The summed E-state index contributed by atoms with van der Waals surface area (Å²) in [5.41, 5.74) is 1.10. The molecule has 27 heavy (non-hydrogen) atoms. The highest BCUT2D eigenvalue weighted by molar-refractivity contribution is 7.13. The molecule has 0 aromatic carbocycles. The molecule has 4 bridgehead atoms. The predicted molar refractivity (Wildman–Crippen MR) is 106 cm³/mol. The molecule has 0 saturated heterocycles. The maximum Gasteiger partial charge on any atom is 0.236 e. The van der Waals surface area contributed by atoms with E-state index in [0.29, 0.717) is 17.7 Å². The fourth-order valence-corrected chi connectivity index (χ4v) is 7.05.